The van der Waals surface area contributed by atoms with E-state index in [0.29, 0.717) is 17.0 Å². The summed E-state index contributed by atoms with van der Waals surface area (Å²) >= 11 is 3.42. The highest BCUT2D eigenvalue weighted by Crippen LogP contribution is 2.27. The van der Waals surface area contributed by atoms with E-state index < -0.39 is 0 Å². The Bertz CT molecular complexity index is 1270. The van der Waals surface area contributed by atoms with Crippen LogP contribution in [0, 0.1) is 6.92 Å². The number of benzene rings is 3. The normalized spacial score (nSPS) is 11.0. The standard InChI is InChI=1S/C25H25BrN4O2/c1-4-5-6-17-7-10-19(11-8-17)30-28-22-13-16(2)21(15-23(22)29-30)27-25(31)18-9-12-24(32-3)20(26)14-18/h7-15H,4-6H2,1-3H3,(H,27,31). The van der Waals surface area contributed by atoms with E-state index in [1.165, 1.54) is 18.4 Å². The number of ether oxygens (including phenoxy) is 1. The predicted octanol–water partition coefficient (Wildman–Crippen LogP) is 6.09. The number of fused-ring (bicyclic) bond motifs is 1. The minimum absolute atomic E-state index is 0.203. The number of rotatable bonds is 7. The average Bonchev–Trinajstić information content (AvgIpc) is 3.20. The predicted molar refractivity (Wildman–Crippen MR) is 131 cm³/mol. The van der Waals surface area contributed by atoms with Crippen LogP contribution >= 0.6 is 15.9 Å². The number of halogens is 1. The van der Waals surface area contributed by atoms with Crippen LogP contribution in [0.5, 0.6) is 5.75 Å². The lowest BCUT2D eigenvalue weighted by atomic mass is 10.1. The molecule has 0 radical (unpaired) electrons. The fraction of sp³-hybridized carbons (Fsp3) is 0.240. The highest BCUT2D eigenvalue weighted by molar-refractivity contribution is 9.10. The lowest BCUT2D eigenvalue weighted by Gasteiger charge is -2.09. The van der Waals surface area contributed by atoms with Crippen LogP contribution in [-0.4, -0.2) is 28.0 Å². The van der Waals surface area contributed by atoms with E-state index in [4.69, 9.17) is 4.74 Å². The molecule has 4 aromatic rings. The van der Waals surface area contributed by atoms with Crippen LogP contribution in [0.25, 0.3) is 16.7 Å². The van der Waals surface area contributed by atoms with Gasteiger partial charge >= 0.3 is 0 Å². The Balaban J connectivity index is 1.57. The molecule has 0 aliphatic rings. The Hall–Kier alpha value is -3.19. The van der Waals surface area contributed by atoms with E-state index in [1.807, 2.05) is 31.2 Å². The van der Waals surface area contributed by atoms with Gasteiger partial charge in [0.1, 0.15) is 16.8 Å². The summed E-state index contributed by atoms with van der Waals surface area (Å²) in [5.74, 6) is 0.472. The molecule has 1 amide bonds. The Morgan fingerprint density at radius 3 is 2.44 bits per heavy atom. The second-order valence-electron chi connectivity index (χ2n) is 7.72. The van der Waals surface area contributed by atoms with Gasteiger partial charge in [0, 0.05) is 11.3 Å². The second-order valence-corrected chi connectivity index (χ2v) is 8.57. The maximum atomic E-state index is 12.8. The molecule has 0 aliphatic carbocycles. The van der Waals surface area contributed by atoms with E-state index in [1.54, 1.807) is 30.1 Å². The SMILES string of the molecule is CCCCc1ccc(-n2nc3cc(C)c(NC(=O)c4ccc(OC)c(Br)c4)cc3n2)cc1. The molecule has 0 unspecified atom stereocenters. The molecule has 1 heterocycles. The number of hydrogen-bond donors (Lipinski definition) is 1. The molecule has 0 spiro atoms. The summed E-state index contributed by atoms with van der Waals surface area (Å²) in [4.78, 5) is 14.4. The molecule has 0 fully saturated rings. The van der Waals surface area contributed by atoms with Crippen molar-refractivity contribution in [1.29, 1.82) is 0 Å². The number of unbranched alkanes of at least 4 members (excludes halogenated alkanes) is 1. The van der Waals surface area contributed by atoms with Crippen molar-refractivity contribution >= 4 is 38.6 Å². The Morgan fingerprint density at radius 1 is 1.06 bits per heavy atom. The molecule has 6 nitrogen and oxygen atoms in total. The van der Waals surface area contributed by atoms with E-state index in [-0.39, 0.29) is 5.91 Å². The van der Waals surface area contributed by atoms with Gasteiger partial charge in [-0.25, -0.2) is 0 Å². The van der Waals surface area contributed by atoms with Crippen LogP contribution in [-0.2, 0) is 6.42 Å². The number of hydrogen-bond acceptors (Lipinski definition) is 4. The number of methoxy groups -OCH3 is 1. The molecule has 32 heavy (non-hydrogen) atoms. The highest BCUT2D eigenvalue weighted by Gasteiger charge is 2.13. The quantitative estimate of drug-likeness (QED) is 0.338. The highest BCUT2D eigenvalue weighted by atomic mass is 79.9. The second kappa shape index (κ2) is 9.53. The lowest BCUT2D eigenvalue weighted by Crippen LogP contribution is -2.12. The summed E-state index contributed by atoms with van der Waals surface area (Å²) in [5, 5.41) is 12.2. The Kier molecular flexibility index (Phi) is 6.55. The zero-order chi connectivity index (χ0) is 22.7. The molecule has 0 saturated heterocycles. The minimum Gasteiger partial charge on any atom is -0.496 e. The molecule has 0 aliphatic heterocycles. The first-order chi connectivity index (χ1) is 15.5. The Labute approximate surface area is 195 Å². The molecule has 3 aromatic carbocycles. The monoisotopic (exact) mass is 492 g/mol. The molecule has 7 heteroatoms. The summed E-state index contributed by atoms with van der Waals surface area (Å²) in [6.07, 6.45) is 3.45. The molecule has 0 saturated carbocycles. The molecular formula is C25H25BrN4O2. The third-order valence-electron chi connectivity index (χ3n) is 5.37. The fourth-order valence-electron chi connectivity index (χ4n) is 3.50. The van der Waals surface area contributed by atoms with Crippen LogP contribution in [0.15, 0.2) is 59.1 Å². The van der Waals surface area contributed by atoms with Gasteiger partial charge in [-0.3, -0.25) is 4.79 Å². The van der Waals surface area contributed by atoms with E-state index in [2.05, 4.69) is 50.5 Å². The molecule has 1 aromatic heterocycles. The number of nitrogens with one attached hydrogen (secondary N) is 1. The summed E-state index contributed by atoms with van der Waals surface area (Å²) in [7, 11) is 1.59. The topological polar surface area (TPSA) is 69.0 Å². The van der Waals surface area contributed by atoms with Crippen LogP contribution in [0.3, 0.4) is 0 Å². The van der Waals surface area contributed by atoms with E-state index in [9.17, 15) is 4.79 Å². The zero-order valence-corrected chi connectivity index (χ0v) is 19.9. The van der Waals surface area contributed by atoms with Crippen molar-refractivity contribution in [2.45, 2.75) is 33.1 Å². The summed E-state index contributed by atoms with van der Waals surface area (Å²) in [6.45, 7) is 4.14. The first-order valence-corrected chi connectivity index (χ1v) is 11.4. The fourth-order valence-corrected chi connectivity index (χ4v) is 4.04. The van der Waals surface area contributed by atoms with Crippen molar-refractivity contribution in [1.82, 2.24) is 15.0 Å². The van der Waals surface area contributed by atoms with Crippen molar-refractivity contribution in [3.8, 4) is 11.4 Å². The molecule has 164 valence electrons. The summed E-state index contributed by atoms with van der Waals surface area (Å²) in [5.41, 5.74) is 5.88. The average molecular weight is 493 g/mol. The number of carbonyl (C=O) groups is 1. The van der Waals surface area contributed by atoms with Gasteiger partial charge in [-0.15, -0.1) is 10.2 Å². The smallest absolute Gasteiger partial charge is 0.255 e. The zero-order valence-electron chi connectivity index (χ0n) is 18.4. The molecule has 1 N–H and O–H groups in total. The van der Waals surface area contributed by atoms with Crippen molar-refractivity contribution in [2.24, 2.45) is 0 Å². The van der Waals surface area contributed by atoms with Crippen LogP contribution in [0.2, 0.25) is 0 Å². The van der Waals surface area contributed by atoms with Crippen LogP contribution < -0.4 is 10.1 Å². The van der Waals surface area contributed by atoms with Crippen molar-refractivity contribution in [2.75, 3.05) is 12.4 Å². The number of aryl methyl sites for hydroxylation is 2. The van der Waals surface area contributed by atoms with Crippen LogP contribution in [0.4, 0.5) is 5.69 Å². The summed E-state index contributed by atoms with van der Waals surface area (Å²) in [6, 6.07) is 17.4. The first-order valence-electron chi connectivity index (χ1n) is 10.6. The Morgan fingerprint density at radius 2 is 1.78 bits per heavy atom. The first kappa shape index (κ1) is 22.0. The van der Waals surface area contributed by atoms with Gasteiger partial charge in [0.2, 0.25) is 0 Å². The van der Waals surface area contributed by atoms with Gasteiger partial charge in [-0.05, 0) is 89.3 Å². The number of nitrogens with zero attached hydrogens (tertiary/aromatic N) is 3. The van der Waals surface area contributed by atoms with Crippen molar-refractivity contribution < 1.29 is 9.53 Å². The van der Waals surface area contributed by atoms with Crippen molar-refractivity contribution in [3.05, 3.63) is 75.8 Å². The number of aromatic nitrogens is 3. The number of anilines is 1. The van der Waals surface area contributed by atoms with Gasteiger partial charge in [0.25, 0.3) is 5.91 Å². The third-order valence-corrected chi connectivity index (χ3v) is 5.99. The lowest BCUT2D eigenvalue weighted by molar-refractivity contribution is 0.102. The maximum absolute atomic E-state index is 12.8. The van der Waals surface area contributed by atoms with Gasteiger partial charge in [0.05, 0.1) is 17.3 Å². The number of carbonyl (C=O) groups excluding carboxylic acids is 1. The minimum atomic E-state index is -0.203. The number of amides is 1. The van der Waals surface area contributed by atoms with E-state index >= 15 is 0 Å². The molecule has 4 rings (SSSR count). The third kappa shape index (κ3) is 4.67. The van der Waals surface area contributed by atoms with Gasteiger partial charge in [0.15, 0.2) is 0 Å². The molecule has 0 atom stereocenters. The van der Waals surface area contributed by atoms with Crippen LogP contribution in [0.1, 0.15) is 41.3 Å². The van der Waals surface area contributed by atoms with E-state index in [0.717, 1.165) is 33.2 Å². The molecular weight excluding hydrogens is 468 g/mol. The maximum Gasteiger partial charge on any atom is 0.255 e. The molecule has 0 bridgehead atoms. The van der Waals surface area contributed by atoms with Gasteiger partial charge in [-0.2, -0.15) is 4.80 Å². The summed E-state index contributed by atoms with van der Waals surface area (Å²) < 4.78 is 5.96. The largest absolute Gasteiger partial charge is 0.496 e. The van der Waals surface area contributed by atoms with Gasteiger partial charge in [-0.1, -0.05) is 25.5 Å². The van der Waals surface area contributed by atoms with Gasteiger partial charge < -0.3 is 10.1 Å². The van der Waals surface area contributed by atoms with Crippen molar-refractivity contribution in [3.63, 3.8) is 0 Å².